The molecule has 0 heterocycles. The maximum absolute atomic E-state index is 12.1. The van der Waals surface area contributed by atoms with Gasteiger partial charge in [0.1, 0.15) is 0 Å². The molecule has 1 aromatic carbocycles. The molecule has 1 fully saturated rings. The van der Waals surface area contributed by atoms with Crippen molar-refractivity contribution in [3.05, 3.63) is 35.9 Å². The summed E-state index contributed by atoms with van der Waals surface area (Å²) in [5, 5.41) is 3.14. The number of amides is 1. The number of benzene rings is 1. The van der Waals surface area contributed by atoms with Crippen molar-refractivity contribution in [3.63, 3.8) is 0 Å². The summed E-state index contributed by atoms with van der Waals surface area (Å²) in [6, 6.07) is 11.2. The van der Waals surface area contributed by atoms with Crippen LogP contribution in [0.2, 0.25) is 0 Å². The summed E-state index contributed by atoms with van der Waals surface area (Å²) in [6.07, 6.45) is 4.38. The van der Waals surface area contributed by atoms with E-state index in [1.807, 2.05) is 13.8 Å². The number of hydrogen-bond donors (Lipinski definition) is 2. The van der Waals surface area contributed by atoms with E-state index in [1.54, 1.807) is 0 Å². The molecule has 4 heteroatoms. The Kier molecular flexibility index (Phi) is 7.25. The van der Waals surface area contributed by atoms with Crippen molar-refractivity contribution in [3.8, 4) is 0 Å². The molecule has 1 aliphatic rings. The lowest BCUT2D eigenvalue weighted by Gasteiger charge is -2.37. The monoisotopic (exact) mass is 331 g/mol. The van der Waals surface area contributed by atoms with Gasteiger partial charge < -0.3 is 11.1 Å². The van der Waals surface area contributed by atoms with E-state index in [9.17, 15) is 4.79 Å². The molecule has 3 N–H and O–H groups in total. The molecule has 1 atom stereocenters. The minimum Gasteiger partial charge on any atom is -0.352 e. The Morgan fingerprint density at radius 1 is 1.21 bits per heavy atom. The SMILES string of the molecule is CCN(Cc1ccccc1)C1CCC(NC(=O)C(N)C(C)C)CC1. The molecule has 1 aromatic rings. The Morgan fingerprint density at radius 3 is 2.38 bits per heavy atom. The van der Waals surface area contributed by atoms with Crippen molar-refractivity contribution in [1.82, 2.24) is 10.2 Å². The van der Waals surface area contributed by atoms with Gasteiger partial charge in [0.25, 0.3) is 0 Å². The van der Waals surface area contributed by atoms with E-state index in [0.29, 0.717) is 6.04 Å². The topological polar surface area (TPSA) is 58.4 Å². The van der Waals surface area contributed by atoms with Crippen LogP contribution in [0, 0.1) is 5.92 Å². The van der Waals surface area contributed by atoms with Gasteiger partial charge in [0.2, 0.25) is 5.91 Å². The van der Waals surface area contributed by atoms with Crippen LogP contribution >= 0.6 is 0 Å². The first kappa shape index (κ1) is 18.9. The lowest BCUT2D eigenvalue weighted by molar-refractivity contribution is -0.124. The summed E-state index contributed by atoms with van der Waals surface area (Å²) < 4.78 is 0. The molecule has 0 radical (unpaired) electrons. The summed E-state index contributed by atoms with van der Waals surface area (Å²) in [4.78, 5) is 14.7. The van der Waals surface area contributed by atoms with Crippen molar-refractivity contribution < 1.29 is 4.79 Å². The van der Waals surface area contributed by atoms with Crippen LogP contribution in [0.3, 0.4) is 0 Å². The molecule has 134 valence electrons. The Hall–Kier alpha value is -1.39. The highest BCUT2D eigenvalue weighted by Gasteiger charge is 2.27. The molecule has 1 saturated carbocycles. The number of nitrogens with zero attached hydrogens (tertiary/aromatic N) is 1. The largest absolute Gasteiger partial charge is 0.352 e. The fourth-order valence-electron chi connectivity index (χ4n) is 3.50. The third-order valence-corrected chi connectivity index (χ3v) is 5.22. The van der Waals surface area contributed by atoms with Gasteiger partial charge in [-0.05, 0) is 43.7 Å². The number of carbonyl (C=O) groups is 1. The summed E-state index contributed by atoms with van der Waals surface area (Å²) in [5.41, 5.74) is 7.31. The molecule has 0 spiro atoms. The lowest BCUT2D eigenvalue weighted by Crippen LogP contribution is -2.50. The van der Waals surface area contributed by atoms with Crippen LogP contribution in [-0.2, 0) is 11.3 Å². The second-order valence-electron chi connectivity index (χ2n) is 7.33. The molecule has 0 aromatic heterocycles. The molecule has 0 aliphatic heterocycles. The highest BCUT2D eigenvalue weighted by Crippen LogP contribution is 2.24. The molecular weight excluding hydrogens is 298 g/mol. The predicted octanol–water partition coefficient (Wildman–Crippen LogP) is 2.92. The maximum Gasteiger partial charge on any atom is 0.237 e. The van der Waals surface area contributed by atoms with Gasteiger partial charge >= 0.3 is 0 Å². The Balaban J connectivity index is 1.81. The Labute approximate surface area is 146 Å². The molecule has 0 saturated heterocycles. The molecule has 4 nitrogen and oxygen atoms in total. The van der Waals surface area contributed by atoms with Gasteiger partial charge in [-0.2, -0.15) is 0 Å². The minimum absolute atomic E-state index is 0.00471. The summed E-state index contributed by atoms with van der Waals surface area (Å²) in [5.74, 6) is 0.188. The average molecular weight is 332 g/mol. The third kappa shape index (κ3) is 5.32. The quantitative estimate of drug-likeness (QED) is 0.808. The van der Waals surface area contributed by atoms with Crippen molar-refractivity contribution >= 4 is 5.91 Å². The number of nitrogens with one attached hydrogen (secondary N) is 1. The van der Waals surface area contributed by atoms with E-state index in [2.05, 4.69) is 47.5 Å². The molecular formula is C20H33N3O. The number of carbonyl (C=O) groups excluding carboxylic acids is 1. The van der Waals surface area contributed by atoms with Crippen molar-refractivity contribution in [2.75, 3.05) is 6.54 Å². The van der Waals surface area contributed by atoms with Gasteiger partial charge in [-0.25, -0.2) is 0 Å². The Bertz CT molecular complexity index is 495. The second-order valence-corrected chi connectivity index (χ2v) is 7.33. The third-order valence-electron chi connectivity index (χ3n) is 5.22. The van der Waals surface area contributed by atoms with Crippen LogP contribution in [0.5, 0.6) is 0 Å². The number of hydrogen-bond acceptors (Lipinski definition) is 3. The highest BCUT2D eigenvalue weighted by molar-refractivity contribution is 5.82. The lowest BCUT2D eigenvalue weighted by atomic mass is 9.89. The van der Waals surface area contributed by atoms with Crippen LogP contribution in [0.4, 0.5) is 0 Å². The van der Waals surface area contributed by atoms with E-state index < -0.39 is 6.04 Å². The fraction of sp³-hybridized carbons (Fsp3) is 0.650. The average Bonchev–Trinajstić information content (AvgIpc) is 2.60. The highest BCUT2D eigenvalue weighted by atomic mass is 16.2. The molecule has 0 bridgehead atoms. The van der Waals surface area contributed by atoms with Crippen molar-refractivity contribution in [1.29, 1.82) is 0 Å². The predicted molar refractivity (Wildman–Crippen MR) is 99.5 cm³/mol. The number of nitrogens with two attached hydrogens (primary N) is 1. The smallest absolute Gasteiger partial charge is 0.237 e. The van der Waals surface area contributed by atoms with Crippen LogP contribution in [0.15, 0.2) is 30.3 Å². The second kappa shape index (κ2) is 9.19. The summed E-state index contributed by atoms with van der Waals surface area (Å²) >= 11 is 0. The van der Waals surface area contributed by atoms with Gasteiger partial charge in [0.15, 0.2) is 0 Å². The molecule has 24 heavy (non-hydrogen) atoms. The van der Waals surface area contributed by atoms with Gasteiger partial charge in [-0.3, -0.25) is 9.69 Å². The number of rotatable bonds is 7. The van der Waals surface area contributed by atoms with Gasteiger partial charge in [0.05, 0.1) is 6.04 Å². The maximum atomic E-state index is 12.1. The normalized spacial score (nSPS) is 22.6. The zero-order chi connectivity index (χ0) is 17.5. The summed E-state index contributed by atoms with van der Waals surface area (Å²) in [6.45, 7) is 8.29. The van der Waals surface area contributed by atoms with Gasteiger partial charge in [-0.1, -0.05) is 51.1 Å². The van der Waals surface area contributed by atoms with E-state index in [-0.39, 0.29) is 17.9 Å². The van der Waals surface area contributed by atoms with E-state index in [4.69, 9.17) is 5.73 Å². The first-order valence-electron chi connectivity index (χ1n) is 9.35. The minimum atomic E-state index is -0.395. The first-order valence-corrected chi connectivity index (χ1v) is 9.35. The molecule has 1 amide bonds. The molecule has 2 rings (SSSR count). The fourth-order valence-corrected chi connectivity index (χ4v) is 3.50. The first-order chi connectivity index (χ1) is 11.5. The van der Waals surface area contributed by atoms with Crippen LogP contribution in [-0.4, -0.2) is 35.5 Å². The van der Waals surface area contributed by atoms with Gasteiger partial charge in [0, 0.05) is 18.6 Å². The molecule has 1 unspecified atom stereocenters. The van der Waals surface area contributed by atoms with Gasteiger partial charge in [-0.15, -0.1) is 0 Å². The van der Waals surface area contributed by atoms with E-state index >= 15 is 0 Å². The van der Waals surface area contributed by atoms with E-state index in [0.717, 1.165) is 38.8 Å². The van der Waals surface area contributed by atoms with E-state index in [1.165, 1.54) is 5.56 Å². The van der Waals surface area contributed by atoms with Crippen molar-refractivity contribution in [2.45, 2.75) is 71.1 Å². The van der Waals surface area contributed by atoms with Crippen LogP contribution in [0.1, 0.15) is 52.0 Å². The van der Waals surface area contributed by atoms with Crippen LogP contribution < -0.4 is 11.1 Å². The summed E-state index contributed by atoms with van der Waals surface area (Å²) in [7, 11) is 0. The van der Waals surface area contributed by atoms with Crippen LogP contribution in [0.25, 0.3) is 0 Å². The molecule has 1 aliphatic carbocycles. The zero-order valence-electron chi connectivity index (χ0n) is 15.4. The Morgan fingerprint density at radius 2 is 1.83 bits per heavy atom. The zero-order valence-corrected chi connectivity index (χ0v) is 15.4. The standard InChI is InChI=1S/C20H33N3O/c1-4-23(14-16-8-6-5-7-9-16)18-12-10-17(11-13-18)22-20(24)19(21)15(2)3/h5-9,15,17-19H,4,10-14,21H2,1-3H3,(H,22,24). The van der Waals surface area contributed by atoms with Crippen molar-refractivity contribution in [2.24, 2.45) is 11.7 Å².